The Kier molecular flexibility index (Phi) is 7.07. The van der Waals surface area contributed by atoms with Crippen LogP contribution in [0.25, 0.3) is 5.57 Å². The number of aliphatic hydroxyl groups is 1. The third-order valence-electron chi connectivity index (χ3n) is 6.96. The van der Waals surface area contributed by atoms with Gasteiger partial charge in [0.05, 0.1) is 18.3 Å². The van der Waals surface area contributed by atoms with Gasteiger partial charge in [0.1, 0.15) is 11.9 Å². The Morgan fingerprint density at radius 3 is 2.32 bits per heavy atom. The van der Waals surface area contributed by atoms with Crippen LogP contribution in [0, 0.1) is 29.1 Å². The van der Waals surface area contributed by atoms with E-state index < -0.39 is 58.6 Å². The summed E-state index contributed by atoms with van der Waals surface area (Å²) in [5.74, 6) is -7.62. The quantitative estimate of drug-likeness (QED) is 0.160. The fraction of sp³-hybridized carbons (Fsp3) is 0.276. The molecule has 198 valence electrons. The van der Waals surface area contributed by atoms with Crippen molar-refractivity contribution in [2.24, 2.45) is 0 Å². The molecule has 0 bridgehead atoms. The van der Waals surface area contributed by atoms with Gasteiger partial charge in [-0.05, 0) is 73.1 Å². The standard InChI is InChI=1S/C29H23F5O4/c1-14(35)18-8-9-19(26(32)25(18)31)16-4-2-15(3-5-16)17-6-7-20(22(30)12-17)29(36)38-23-11-10-21(24-13-37-24)27(33)28(23)34/h2,6-12,14,16,24,35H,3-5,13H2,1H3. The number of benzene rings is 3. The molecule has 1 fully saturated rings. The maximum absolute atomic E-state index is 14.8. The van der Waals surface area contributed by atoms with E-state index in [1.54, 1.807) is 0 Å². The number of epoxide rings is 1. The van der Waals surface area contributed by atoms with Crippen molar-refractivity contribution in [2.75, 3.05) is 6.61 Å². The Labute approximate surface area is 215 Å². The van der Waals surface area contributed by atoms with Crippen LogP contribution in [0.2, 0.25) is 0 Å². The lowest BCUT2D eigenvalue weighted by molar-refractivity contribution is 0.0721. The zero-order chi connectivity index (χ0) is 27.1. The van der Waals surface area contributed by atoms with Crippen molar-refractivity contribution in [3.05, 3.63) is 105 Å². The van der Waals surface area contributed by atoms with E-state index in [4.69, 9.17) is 9.47 Å². The fourth-order valence-corrected chi connectivity index (χ4v) is 4.73. The Morgan fingerprint density at radius 1 is 0.974 bits per heavy atom. The highest BCUT2D eigenvalue weighted by atomic mass is 19.2. The summed E-state index contributed by atoms with van der Waals surface area (Å²) in [5.41, 5.74) is 0.948. The number of aliphatic hydroxyl groups excluding tert-OH is 1. The second-order valence-corrected chi connectivity index (χ2v) is 9.44. The largest absolute Gasteiger partial charge is 0.420 e. The molecule has 1 saturated heterocycles. The average molecular weight is 530 g/mol. The first-order valence-corrected chi connectivity index (χ1v) is 12.1. The lowest BCUT2D eigenvalue weighted by atomic mass is 9.82. The second kappa shape index (κ2) is 10.3. The van der Waals surface area contributed by atoms with Crippen molar-refractivity contribution in [3.8, 4) is 5.75 Å². The average Bonchev–Trinajstić information content (AvgIpc) is 3.73. The topological polar surface area (TPSA) is 59.1 Å². The van der Waals surface area contributed by atoms with Crippen molar-refractivity contribution in [3.63, 3.8) is 0 Å². The van der Waals surface area contributed by atoms with Crippen LogP contribution in [-0.4, -0.2) is 17.7 Å². The van der Waals surface area contributed by atoms with Gasteiger partial charge in [0.25, 0.3) is 0 Å². The predicted molar refractivity (Wildman–Crippen MR) is 128 cm³/mol. The number of hydrogen-bond donors (Lipinski definition) is 1. The number of halogens is 5. The second-order valence-electron chi connectivity index (χ2n) is 9.44. The molecule has 0 amide bonds. The molecular weight excluding hydrogens is 507 g/mol. The number of carbonyl (C=O) groups is 1. The molecule has 0 radical (unpaired) electrons. The normalized spacial score (nSPS) is 19.6. The van der Waals surface area contributed by atoms with Crippen LogP contribution in [-0.2, 0) is 4.74 Å². The summed E-state index contributed by atoms with van der Waals surface area (Å²) in [6.07, 6.45) is 1.47. The summed E-state index contributed by atoms with van der Waals surface area (Å²) in [6, 6.07) is 9.05. The van der Waals surface area contributed by atoms with Crippen molar-refractivity contribution >= 4 is 11.5 Å². The number of rotatable bonds is 6. The molecular formula is C29H23F5O4. The van der Waals surface area contributed by atoms with E-state index in [0.717, 1.165) is 17.7 Å². The van der Waals surface area contributed by atoms with E-state index in [-0.39, 0.29) is 29.2 Å². The monoisotopic (exact) mass is 530 g/mol. The minimum atomic E-state index is -1.36. The van der Waals surface area contributed by atoms with Gasteiger partial charge in [0.2, 0.25) is 5.82 Å². The Morgan fingerprint density at radius 2 is 1.68 bits per heavy atom. The van der Waals surface area contributed by atoms with Gasteiger partial charge in [-0.15, -0.1) is 0 Å². The first-order valence-electron chi connectivity index (χ1n) is 12.1. The van der Waals surface area contributed by atoms with Crippen LogP contribution in [0.3, 0.4) is 0 Å². The van der Waals surface area contributed by atoms with Crippen LogP contribution in [0.4, 0.5) is 22.0 Å². The van der Waals surface area contributed by atoms with Gasteiger partial charge in [-0.3, -0.25) is 0 Å². The van der Waals surface area contributed by atoms with Crippen LogP contribution < -0.4 is 4.74 Å². The zero-order valence-electron chi connectivity index (χ0n) is 20.2. The van der Waals surface area contributed by atoms with Crippen molar-refractivity contribution in [1.82, 2.24) is 0 Å². The van der Waals surface area contributed by atoms with E-state index >= 15 is 0 Å². The van der Waals surface area contributed by atoms with Gasteiger partial charge >= 0.3 is 5.97 Å². The molecule has 1 N–H and O–H groups in total. The maximum Gasteiger partial charge on any atom is 0.346 e. The third kappa shape index (κ3) is 4.96. The highest BCUT2D eigenvalue weighted by Gasteiger charge is 2.31. The molecule has 1 aliphatic heterocycles. The van der Waals surface area contributed by atoms with E-state index in [2.05, 4.69) is 0 Å². The number of allylic oxidation sites excluding steroid dienone is 2. The predicted octanol–water partition coefficient (Wildman–Crippen LogP) is 7.08. The molecule has 0 spiro atoms. The van der Waals surface area contributed by atoms with E-state index in [0.29, 0.717) is 24.8 Å². The Bertz CT molecular complexity index is 1450. The minimum Gasteiger partial charge on any atom is -0.420 e. The van der Waals surface area contributed by atoms with Gasteiger partial charge in [-0.1, -0.05) is 24.3 Å². The molecule has 1 heterocycles. The van der Waals surface area contributed by atoms with Gasteiger partial charge in [-0.2, -0.15) is 4.39 Å². The lowest BCUT2D eigenvalue weighted by Gasteiger charge is -2.24. The molecule has 1 aliphatic carbocycles. The minimum absolute atomic E-state index is 0.0190. The molecule has 3 aromatic rings. The first kappa shape index (κ1) is 26.1. The number of ether oxygens (including phenoxy) is 2. The smallest absolute Gasteiger partial charge is 0.346 e. The molecule has 3 aromatic carbocycles. The number of carbonyl (C=O) groups excluding carboxylic acids is 1. The number of esters is 1. The van der Waals surface area contributed by atoms with Crippen LogP contribution in [0.15, 0.2) is 48.5 Å². The third-order valence-corrected chi connectivity index (χ3v) is 6.96. The fourth-order valence-electron chi connectivity index (χ4n) is 4.73. The first-order chi connectivity index (χ1) is 18.2. The molecule has 9 heteroatoms. The highest BCUT2D eigenvalue weighted by Crippen LogP contribution is 2.39. The van der Waals surface area contributed by atoms with Gasteiger partial charge < -0.3 is 14.6 Å². The number of hydrogen-bond acceptors (Lipinski definition) is 4. The molecule has 3 unspecified atom stereocenters. The van der Waals surface area contributed by atoms with Gasteiger partial charge in [-0.25, -0.2) is 22.4 Å². The molecule has 38 heavy (non-hydrogen) atoms. The van der Waals surface area contributed by atoms with E-state index in [1.807, 2.05) is 6.08 Å². The zero-order valence-corrected chi connectivity index (χ0v) is 20.2. The molecule has 0 saturated carbocycles. The van der Waals surface area contributed by atoms with Crippen LogP contribution >= 0.6 is 0 Å². The van der Waals surface area contributed by atoms with Crippen molar-refractivity contribution < 1.29 is 41.3 Å². The maximum atomic E-state index is 14.8. The van der Waals surface area contributed by atoms with E-state index in [1.165, 1.54) is 37.3 Å². The SMILES string of the molecule is CC(O)c1ccc(C2CC=C(c3ccc(C(=O)Oc4ccc(C5CO5)c(F)c4F)c(F)c3)CC2)c(F)c1F. The van der Waals surface area contributed by atoms with Crippen LogP contribution in [0.5, 0.6) is 5.75 Å². The van der Waals surface area contributed by atoms with Gasteiger partial charge in [0, 0.05) is 11.1 Å². The summed E-state index contributed by atoms with van der Waals surface area (Å²) < 4.78 is 82.1. The summed E-state index contributed by atoms with van der Waals surface area (Å²) in [7, 11) is 0. The molecule has 4 nitrogen and oxygen atoms in total. The summed E-state index contributed by atoms with van der Waals surface area (Å²) in [5, 5.41) is 9.58. The highest BCUT2D eigenvalue weighted by molar-refractivity contribution is 5.92. The van der Waals surface area contributed by atoms with Gasteiger partial charge in [0.15, 0.2) is 23.2 Å². The molecule has 0 aromatic heterocycles. The Hall–Kier alpha value is -3.56. The molecule has 3 atom stereocenters. The van der Waals surface area contributed by atoms with Crippen LogP contribution in [0.1, 0.15) is 76.9 Å². The Balaban J connectivity index is 1.29. The summed E-state index contributed by atoms with van der Waals surface area (Å²) in [4.78, 5) is 12.5. The summed E-state index contributed by atoms with van der Waals surface area (Å²) in [6.45, 7) is 1.63. The summed E-state index contributed by atoms with van der Waals surface area (Å²) >= 11 is 0. The van der Waals surface area contributed by atoms with E-state index in [9.17, 15) is 31.9 Å². The molecule has 5 rings (SSSR count). The van der Waals surface area contributed by atoms with Crippen molar-refractivity contribution in [1.29, 1.82) is 0 Å². The van der Waals surface area contributed by atoms with Crippen molar-refractivity contribution in [2.45, 2.75) is 44.3 Å². The lowest BCUT2D eigenvalue weighted by Crippen LogP contribution is -2.13. The molecule has 2 aliphatic rings.